The zero-order valence-electron chi connectivity index (χ0n) is 10.6. The summed E-state index contributed by atoms with van der Waals surface area (Å²) in [5.41, 5.74) is 5.62. The Kier molecular flexibility index (Phi) is 7.20. The monoisotopic (exact) mass is 200 g/mol. The third-order valence-electron chi connectivity index (χ3n) is 3.05. The molecular weight excluding hydrogens is 172 g/mol. The van der Waals surface area contributed by atoms with Crippen LogP contribution in [0.1, 0.15) is 47.0 Å². The third-order valence-corrected chi connectivity index (χ3v) is 3.05. The van der Waals surface area contributed by atoms with Crippen molar-refractivity contribution >= 4 is 0 Å². The Morgan fingerprint density at radius 2 is 1.79 bits per heavy atom. The molecule has 0 rings (SSSR count). The van der Waals surface area contributed by atoms with Gasteiger partial charge in [-0.05, 0) is 45.7 Å². The van der Waals surface area contributed by atoms with Crippen LogP contribution in [0.15, 0.2) is 0 Å². The fourth-order valence-electron chi connectivity index (χ4n) is 2.10. The second-order valence-corrected chi connectivity index (χ2v) is 4.78. The molecule has 0 aromatic rings. The third kappa shape index (κ3) is 4.97. The second-order valence-electron chi connectivity index (χ2n) is 4.78. The molecule has 0 radical (unpaired) electrons. The largest absolute Gasteiger partial charge is 0.330 e. The molecule has 0 aromatic heterocycles. The summed E-state index contributed by atoms with van der Waals surface area (Å²) < 4.78 is 0. The molecule has 0 fully saturated rings. The smallest absolute Gasteiger partial charge is 0.0104 e. The van der Waals surface area contributed by atoms with Gasteiger partial charge in [-0.25, -0.2) is 0 Å². The maximum Gasteiger partial charge on any atom is 0.0104 e. The van der Waals surface area contributed by atoms with E-state index in [4.69, 9.17) is 5.73 Å². The minimum absolute atomic E-state index is 0.661. The van der Waals surface area contributed by atoms with Crippen LogP contribution in [0.4, 0.5) is 0 Å². The Morgan fingerprint density at radius 1 is 1.21 bits per heavy atom. The standard InChI is InChI=1S/C12H28N2/c1-6-12(7-8-13)14(5)11(4)9-10(2)3/h10-12H,6-9,13H2,1-5H3. The van der Waals surface area contributed by atoms with E-state index in [-0.39, 0.29) is 0 Å². The summed E-state index contributed by atoms with van der Waals surface area (Å²) >= 11 is 0. The fourth-order valence-corrected chi connectivity index (χ4v) is 2.10. The fraction of sp³-hybridized carbons (Fsp3) is 1.00. The summed E-state index contributed by atoms with van der Waals surface area (Å²) in [5, 5.41) is 0. The normalized spacial score (nSPS) is 16.3. The van der Waals surface area contributed by atoms with E-state index in [9.17, 15) is 0 Å². The lowest BCUT2D eigenvalue weighted by Crippen LogP contribution is -2.40. The van der Waals surface area contributed by atoms with Crippen LogP contribution in [0.25, 0.3) is 0 Å². The Hall–Kier alpha value is -0.0800. The summed E-state index contributed by atoms with van der Waals surface area (Å²) in [4.78, 5) is 2.49. The highest BCUT2D eigenvalue weighted by Crippen LogP contribution is 2.15. The molecule has 0 aliphatic rings. The molecule has 0 spiro atoms. The van der Waals surface area contributed by atoms with Crippen molar-refractivity contribution in [2.24, 2.45) is 11.7 Å². The van der Waals surface area contributed by atoms with E-state index in [0.29, 0.717) is 12.1 Å². The number of nitrogens with two attached hydrogens (primary N) is 1. The number of hydrogen-bond acceptors (Lipinski definition) is 2. The van der Waals surface area contributed by atoms with Crippen molar-refractivity contribution in [3.05, 3.63) is 0 Å². The van der Waals surface area contributed by atoms with E-state index in [1.165, 1.54) is 12.8 Å². The maximum absolute atomic E-state index is 5.62. The quantitative estimate of drug-likeness (QED) is 0.684. The van der Waals surface area contributed by atoms with Crippen molar-refractivity contribution in [3.63, 3.8) is 0 Å². The average molecular weight is 200 g/mol. The van der Waals surface area contributed by atoms with E-state index >= 15 is 0 Å². The predicted molar refractivity (Wildman–Crippen MR) is 64.4 cm³/mol. The summed E-state index contributed by atoms with van der Waals surface area (Å²) in [5.74, 6) is 0.780. The van der Waals surface area contributed by atoms with E-state index in [0.717, 1.165) is 18.9 Å². The molecule has 0 saturated heterocycles. The van der Waals surface area contributed by atoms with Gasteiger partial charge in [-0.15, -0.1) is 0 Å². The Bertz CT molecular complexity index is 134. The van der Waals surface area contributed by atoms with Gasteiger partial charge in [-0.2, -0.15) is 0 Å². The minimum Gasteiger partial charge on any atom is -0.330 e. The van der Waals surface area contributed by atoms with Gasteiger partial charge < -0.3 is 10.6 Å². The van der Waals surface area contributed by atoms with E-state index in [2.05, 4.69) is 39.6 Å². The highest BCUT2D eigenvalue weighted by atomic mass is 15.2. The van der Waals surface area contributed by atoms with Gasteiger partial charge in [0.15, 0.2) is 0 Å². The van der Waals surface area contributed by atoms with Gasteiger partial charge in [0.1, 0.15) is 0 Å². The molecule has 0 amide bonds. The molecule has 14 heavy (non-hydrogen) atoms. The predicted octanol–water partition coefficient (Wildman–Crippen LogP) is 2.48. The average Bonchev–Trinajstić information content (AvgIpc) is 2.12. The molecule has 2 nitrogen and oxygen atoms in total. The molecule has 2 N–H and O–H groups in total. The lowest BCUT2D eigenvalue weighted by Gasteiger charge is -2.33. The SMILES string of the molecule is CCC(CCN)N(C)C(C)CC(C)C. The first kappa shape index (κ1) is 13.9. The van der Waals surface area contributed by atoms with Crippen LogP contribution in [-0.4, -0.2) is 30.6 Å². The van der Waals surface area contributed by atoms with E-state index in [1.807, 2.05) is 0 Å². The van der Waals surface area contributed by atoms with Gasteiger partial charge in [0.2, 0.25) is 0 Å². The maximum atomic E-state index is 5.62. The molecule has 2 unspecified atom stereocenters. The lowest BCUT2D eigenvalue weighted by atomic mass is 10.0. The van der Waals surface area contributed by atoms with Crippen LogP contribution in [0.5, 0.6) is 0 Å². The molecule has 0 bridgehead atoms. The molecular formula is C12H28N2. The van der Waals surface area contributed by atoms with Crippen molar-refractivity contribution in [2.45, 2.75) is 59.0 Å². The number of hydrogen-bond donors (Lipinski definition) is 1. The topological polar surface area (TPSA) is 29.3 Å². The summed E-state index contributed by atoms with van der Waals surface area (Å²) in [7, 11) is 2.23. The van der Waals surface area contributed by atoms with Gasteiger partial charge in [0.05, 0.1) is 0 Å². The molecule has 0 aliphatic carbocycles. The molecule has 0 saturated carbocycles. The van der Waals surface area contributed by atoms with Gasteiger partial charge in [0.25, 0.3) is 0 Å². The van der Waals surface area contributed by atoms with Crippen LogP contribution in [0, 0.1) is 5.92 Å². The Labute approximate surface area is 89.9 Å². The first-order valence-electron chi connectivity index (χ1n) is 5.94. The van der Waals surface area contributed by atoms with Gasteiger partial charge in [0, 0.05) is 12.1 Å². The van der Waals surface area contributed by atoms with Crippen LogP contribution in [0.3, 0.4) is 0 Å². The highest BCUT2D eigenvalue weighted by molar-refractivity contribution is 4.73. The summed E-state index contributed by atoms with van der Waals surface area (Å²) in [6.07, 6.45) is 3.60. The first-order valence-corrected chi connectivity index (χ1v) is 5.94. The molecule has 86 valence electrons. The van der Waals surface area contributed by atoms with Crippen LogP contribution in [-0.2, 0) is 0 Å². The second kappa shape index (κ2) is 7.24. The summed E-state index contributed by atoms with van der Waals surface area (Å²) in [6, 6.07) is 1.33. The molecule has 0 aliphatic heterocycles. The van der Waals surface area contributed by atoms with E-state index < -0.39 is 0 Å². The molecule has 0 heterocycles. The van der Waals surface area contributed by atoms with Crippen molar-refractivity contribution in [1.82, 2.24) is 4.90 Å². The highest BCUT2D eigenvalue weighted by Gasteiger charge is 2.18. The minimum atomic E-state index is 0.661. The molecule has 2 heteroatoms. The van der Waals surface area contributed by atoms with Crippen LogP contribution in [0.2, 0.25) is 0 Å². The Morgan fingerprint density at radius 3 is 2.14 bits per heavy atom. The van der Waals surface area contributed by atoms with Gasteiger partial charge in [-0.1, -0.05) is 20.8 Å². The Balaban J connectivity index is 4.04. The molecule has 0 aromatic carbocycles. The van der Waals surface area contributed by atoms with Crippen LogP contribution >= 0.6 is 0 Å². The first-order chi connectivity index (χ1) is 6.52. The number of nitrogens with zero attached hydrogens (tertiary/aromatic N) is 1. The van der Waals surface area contributed by atoms with E-state index in [1.54, 1.807) is 0 Å². The zero-order valence-corrected chi connectivity index (χ0v) is 10.6. The zero-order chi connectivity index (χ0) is 11.1. The lowest BCUT2D eigenvalue weighted by molar-refractivity contribution is 0.154. The van der Waals surface area contributed by atoms with Crippen molar-refractivity contribution < 1.29 is 0 Å². The van der Waals surface area contributed by atoms with Crippen LogP contribution < -0.4 is 5.73 Å². The van der Waals surface area contributed by atoms with Crippen molar-refractivity contribution in [1.29, 1.82) is 0 Å². The van der Waals surface area contributed by atoms with Gasteiger partial charge in [-0.3, -0.25) is 0 Å². The van der Waals surface area contributed by atoms with Crippen molar-refractivity contribution in [3.8, 4) is 0 Å². The number of rotatable bonds is 7. The van der Waals surface area contributed by atoms with Gasteiger partial charge >= 0.3 is 0 Å². The van der Waals surface area contributed by atoms with Crippen molar-refractivity contribution in [2.75, 3.05) is 13.6 Å². The molecule has 2 atom stereocenters. The summed E-state index contributed by atoms with van der Waals surface area (Å²) in [6.45, 7) is 9.94.